The van der Waals surface area contributed by atoms with E-state index in [2.05, 4.69) is 0 Å². The van der Waals surface area contributed by atoms with Crippen LogP contribution in [0, 0.1) is 5.92 Å². The Kier molecular flexibility index (Phi) is 4.05. The summed E-state index contributed by atoms with van der Waals surface area (Å²) in [6.07, 6.45) is 1.79. The van der Waals surface area contributed by atoms with Crippen LogP contribution in [0.5, 0.6) is 0 Å². The van der Waals surface area contributed by atoms with E-state index in [-0.39, 0.29) is 11.8 Å². The standard InChI is InChI=1S/C6H13NO2/c1-3-4-5(2)6(8)7-9/h5,9H,3-4H2,1-2H3,(H,7,8). The molecule has 0 aromatic carbocycles. The molecule has 0 aromatic heterocycles. The molecule has 1 amide bonds. The van der Waals surface area contributed by atoms with E-state index in [1.807, 2.05) is 6.92 Å². The van der Waals surface area contributed by atoms with Crippen molar-refractivity contribution in [2.75, 3.05) is 0 Å². The zero-order chi connectivity index (χ0) is 7.28. The maximum atomic E-state index is 10.5. The molecule has 0 saturated heterocycles. The van der Waals surface area contributed by atoms with Crippen LogP contribution in [0.3, 0.4) is 0 Å². The number of rotatable bonds is 3. The summed E-state index contributed by atoms with van der Waals surface area (Å²) in [5.74, 6) is -0.364. The lowest BCUT2D eigenvalue weighted by Gasteiger charge is -2.05. The Hall–Kier alpha value is -0.570. The Bertz CT molecular complexity index is 93.1. The Balaban J connectivity index is 3.45. The lowest BCUT2D eigenvalue weighted by molar-refractivity contribution is -0.133. The monoisotopic (exact) mass is 131 g/mol. The van der Waals surface area contributed by atoms with Gasteiger partial charge in [-0.15, -0.1) is 0 Å². The molecule has 0 aliphatic rings. The minimum absolute atomic E-state index is 0.0694. The van der Waals surface area contributed by atoms with E-state index < -0.39 is 0 Å². The summed E-state index contributed by atoms with van der Waals surface area (Å²) in [4.78, 5) is 10.5. The zero-order valence-electron chi connectivity index (χ0n) is 5.85. The second-order valence-electron chi connectivity index (χ2n) is 2.17. The van der Waals surface area contributed by atoms with E-state index in [1.165, 1.54) is 0 Å². The second kappa shape index (κ2) is 4.32. The summed E-state index contributed by atoms with van der Waals surface area (Å²) >= 11 is 0. The SMILES string of the molecule is CCCC(C)C(=O)NO. The first-order valence-electron chi connectivity index (χ1n) is 3.16. The first-order chi connectivity index (χ1) is 4.22. The summed E-state index contributed by atoms with van der Waals surface area (Å²) in [5.41, 5.74) is 1.61. The van der Waals surface area contributed by atoms with Gasteiger partial charge in [0, 0.05) is 5.92 Å². The van der Waals surface area contributed by atoms with Gasteiger partial charge in [-0.1, -0.05) is 20.3 Å². The highest BCUT2D eigenvalue weighted by Gasteiger charge is 2.08. The molecule has 54 valence electrons. The van der Waals surface area contributed by atoms with E-state index >= 15 is 0 Å². The van der Waals surface area contributed by atoms with Crippen molar-refractivity contribution in [1.82, 2.24) is 5.48 Å². The van der Waals surface area contributed by atoms with Crippen LogP contribution in [0.15, 0.2) is 0 Å². The molecule has 0 radical (unpaired) electrons. The summed E-state index contributed by atoms with van der Waals surface area (Å²) in [5, 5.41) is 8.13. The molecule has 0 bridgehead atoms. The molecule has 0 rings (SSSR count). The van der Waals surface area contributed by atoms with Crippen LogP contribution >= 0.6 is 0 Å². The van der Waals surface area contributed by atoms with Gasteiger partial charge in [-0.25, -0.2) is 5.48 Å². The van der Waals surface area contributed by atoms with Crippen molar-refractivity contribution in [2.24, 2.45) is 5.92 Å². The third-order valence-corrected chi connectivity index (χ3v) is 1.28. The molecule has 3 nitrogen and oxygen atoms in total. The van der Waals surface area contributed by atoms with Crippen LogP contribution in [0.4, 0.5) is 0 Å². The Morgan fingerprint density at radius 3 is 2.67 bits per heavy atom. The van der Waals surface area contributed by atoms with Crippen LogP contribution < -0.4 is 5.48 Å². The van der Waals surface area contributed by atoms with Crippen molar-refractivity contribution < 1.29 is 10.0 Å². The fourth-order valence-corrected chi connectivity index (χ4v) is 0.674. The van der Waals surface area contributed by atoms with E-state index in [0.717, 1.165) is 12.8 Å². The van der Waals surface area contributed by atoms with Crippen molar-refractivity contribution in [1.29, 1.82) is 0 Å². The quantitative estimate of drug-likeness (QED) is 0.442. The molecule has 0 spiro atoms. The van der Waals surface area contributed by atoms with Crippen molar-refractivity contribution in [3.05, 3.63) is 0 Å². The molecule has 1 atom stereocenters. The smallest absolute Gasteiger partial charge is 0.246 e. The van der Waals surface area contributed by atoms with Crippen LogP contribution in [0.25, 0.3) is 0 Å². The van der Waals surface area contributed by atoms with Gasteiger partial charge in [-0.3, -0.25) is 10.0 Å². The van der Waals surface area contributed by atoms with Crippen molar-refractivity contribution in [3.8, 4) is 0 Å². The van der Waals surface area contributed by atoms with Gasteiger partial charge < -0.3 is 0 Å². The van der Waals surface area contributed by atoms with Crippen molar-refractivity contribution in [2.45, 2.75) is 26.7 Å². The van der Waals surface area contributed by atoms with Crippen molar-refractivity contribution in [3.63, 3.8) is 0 Å². The number of hydroxylamine groups is 1. The van der Waals surface area contributed by atoms with Crippen LogP contribution in [0.2, 0.25) is 0 Å². The van der Waals surface area contributed by atoms with Gasteiger partial charge in [0.1, 0.15) is 0 Å². The van der Waals surface area contributed by atoms with E-state index in [0.29, 0.717) is 0 Å². The first kappa shape index (κ1) is 8.43. The lowest BCUT2D eigenvalue weighted by atomic mass is 10.1. The fraction of sp³-hybridized carbons (Fsp3) is 0.833. The topological polar surface area (TPSA) is 49.3 Å². The summed E-state index contributed by atoms with van der Waals surface area (Å²) in [6, 6.07) is 0. The van der Waals surface area contributed by atoms with E-state index in [4.69, 9.17) is 5.21 Å². The first-order valence-corrected chi connectivity index (χ1v) is 3.16. The molecule has 3 heteroatoms. The molecule has 1 unspecified atom stereocenters. The molecular formula is C6H13NO2. The van der Waals surface area contributed by atoms with Gasteiger partial charge in [-0.2, -0.15) is 0 Å². The maximum Gasteiger partial charge on any atom is 0.246 e. The highest BCUT2D eigenvalue weighted by Crippen LogP contribution is 2.03. The molecular weight excluding hydrogens is 118 g/mol. The summed E-state index contributed by atoms with van der Waals surface area (Å²) in [7, 11) is 0. The van der Waals surface area contributed by atoms with E-state index in [1.54, 1.807) is 12.4 Å². The second-order valence-corrected chi connectivity index (χ2v) is 2.17. The predicted molar refractivity (Wildman–Crippen MR) is 34.0 cm³/mol. The number of carbonyl (C=O) groups is 1. The average Bonchev–Trinajstić information content (AvgIpc) is 1.87. The van der Waals surface area contributed by atoms with E-state index in [9.17, 15) is 4.79 Å². The number of nitrogens with one attached hydrogen (secondary N) is 1. The minimum atomic E-state index is -0.295. The molecule has 0 aliphatic heterocycles. The Morgan fingerprint density at radius 2 is 2.33 bits per heavy atom. The molecule has 2 N–H and O–H groups in total. The Labute approximate surface area is 55.0 Å². The lowest BCUT2D eigenvalue weighted by Crippen LogP contribution is -2.25. The number of hydrogen-bond donors (Lipinski definition) is 2. The van der Waals surface area contributed by atoms with Gasteiger partial charge in [0.05, 0.1) is 0 Å². The number of hydrogen-bond acceptors (Lipinski definition) is 2. The van der Waals surface area contributed by atoms with Crippen LogP contribution in [0.1, 0.15) is 26.7 Å². The van der Waals surface area contributed by atoms with Gasteiger partial charge in [-0.05, 0) is 6.42 Å². The molecule has 0 aromatic rings. The molecule has 0 saturated carbocycles. The molecule has 0 fully saturated rings. The third-order valence-electron chi connectivity index (χ3n) is 1.28. The van der Waals surface area contributed by atoms with Gasteiger partial charge in [0.25, 0.3) is 0 Å². The Morgan fingerprint density at radius 1 is 1.78 bits per heavy atom. The zero-order valence-corrected chi connectivity index (χ0v) is 5.85. The molecule has 9 heavy (non-hydrogen) atoms. The molecule has 0 heterocycles. The van der Waals surface area contributed by atoms with Gasteiger partial charge in [0.2, 0.25) is 5.91 Å². The van der Waals surface area contributed by atoms with Gasteiger partial charge in [0.15, 0.2) is 0 Å². The highest BCUT2D eigenvalue weighted by molar-refractivity contribution is 5.76. The largest absolute Gasteiger partial charge is 0.289 e. The maximum absolute atomic E-state index is 10.5. The predicted octanol–water partition coefficient (Wildman–Crippen LogP) is 0.928. The fourth-order valence-electron chi connectivity index (χ4n) is 0.674. The summed E-state index contributed by atoms with van der Waals surface area (Å²) < 4.78 is 0. The molecule has 0 aliphatic carbocycles. The van der Waals surface area contributed by atoms with Gasteiger partial charge >= 0.3 is 0 Å². The van der Waals surface area contributed by atoms with Crippen molar-refractivity contribution >= 4 is 5.91 Å². The third kappa shape index (κ3) is 3.08. The number of amides is 1. The summed E-state index contributed by atoms with van der Waals surface area (Å²) in [6.45, 7) is 3.79. The van der Waals surface area contributed by atoms with Crippen LogP contribution in [-0.4, -0.2) is 11.1 Å². The average molecular weight is 131 g/mol. The highest BCUT2D eigenvalue weighted by atomic mass is 16.5. The normalized spacial score (nSPS) is 12.8. The number of carbonyl (C=O) groups excluding carboxylic acids is 1. The van der Waals surface area contributed by atoms with Crippen LogP contribution in [-0.2, 0) is 4.79 Å². The minimum Gasteiger partial charge on any atom is -0.289 e.